The molecular weight excluding hydrogens is 308 g/mol. The normalized spacial score (nSPS) is 10.0. The van der Waals surface area contributed by atoms with E-state index in [-0.39, 0.29) is 0 Å². The molecule has 0 saturated carbocycles. The molecule has 122 valence electrons. The van der Waals surface area contributed by atoms with Gasteiger partial charge in [-0.15, -0.1) is 0 Å². The maximum Gasteiger partial charge on any atom is 0.174 e. The van der Waals surface area contributed by atoms with Crippen molar-refractivity contribution < 1.29 is 4.74 Å². The Morgan fingerprint density at radius 1 is 1.22 bits per heavy atom. The molecule has 0 aliphatic rings. The zero-order valence-electron chi connectivity index (χ0n) is 13.5. The summed E-state index contributed by atoms with van der Waals surface area (Å²) in [5.74, 6) is 1.29. The Morgan fingerprint density at radius 3 is 2.74 bits per heavy atom. The van der Waals surface area contributed by atoms with Crippen LogP contribution >= 0.6 is 12.2 Å². The second-order valence-corrected chi connectivity index (χ2v) is 5.45. The molecule has 1 aromatic carbocycles. The topological polar surface area (TPSA) is 49.4 Å². The third-order valence-corrected chi connectivity index (χ3v) is 3.62. The zero-order chi connectivity index (χ0) is 16.5. The summed E-state index contributed by atoms with van der Waals surface area (Å²) in [5, 5.41) is 6.78. The number of para-hydroxylation sites is 1. The van der Waals surface area contributed by atoms with Crippen LogP contribution < -0.4 is 20.3 Å². The predicted octanol–water partition coefficient (Wildman–Crippen LogP) is 2.90. The van der Waals surface area contributed by atoms with E-state index >= 15 is 0 Å². The number of anilines is 2. The third-order valence-electron chi connectivity index (χ3n) is 3.38. The average molecular weight is 330 g/mol. The zero-order valence-corrected chi connectivity index (χ0v) is 14.3. The van der Waals surface area contributed by atoms with Gasteiger partial charge in [-0.1, -0.05) is 18.2 Å². The van der Waals surface area contributed by atoms with E-state index in [1.54, 1.807) is 13.3 Å². The van der Waals surface area contributed by atoms with E-state index in [9.17, 15) is 0 Å². The van der Waals surface area contributed by atoms with Gasteiger partial charge in [-0.2, -0.15) is 0 Å². The summed E-state index contributed by atoms with van der Waals surface area (Å²) >= 11 is 5.28. The standard InChI is InChI=1S/C17H22N4OS/c1-21(14-8-4-3-5-9-14)13-7-12-19-17(23)20-16-15(22-2)10-6-11-18-16/h3-6,8-11H,7,12-13H2,1-2H3,(H2,18,19,20,23). The van der Waals surface area contributed by atoms with E-state index in [1.165, 1.54) is 5.69 Å². The summed E-state index contributed by atoms with van der Waals surface area (Å²) in [7, 11) is 3.70. The summed E-state index contributed by atoms with van der Waals surface area (Å²) in [5.41, 5.74) is 1.21. The molecule has 0 atom stereocenters. The van der Waals surface area contributed by atoms with Crippen molar-refractivity contribution in [3.05, 3.63) is 48.7 Å². The van der Waals surface area contributed by atoms with Crippen molar-refractivity contribution in [2.24, 2.45) is 0 Å². The van der Waals surface area contributed by atoms with Crippen LogP contribution in [0.15, 0.2) is 48.7 Å². The number of aromatic nitrogens is 1. The Kier molecular flexibility index (Phi) is 6.62. The number of thiocarbonyl (C=S) groups is 1. The van der Waals surface area contributed by atoms with Crippen LogP contribution in [0.5, 0.6) is 5.75 Å². The molecule has 5 nitrogen and oxygen atoms in total. The molecule has 0 aliphatic carbocycles. The van der Waals surface area contributed by atoms with Crippen LogP contribution in [0.2, 0.25) is 0 Å². The van der Waals surface area contributed by atoms with E-state index in [1.807, 2.05) is 30.3 Å². The van der Waals surface area contributed by atoms with Crippen molar-refractivity contribution in [3.8, 4) is 5.75 Å². The van der Waals surface area contributed by atoms with Gasteiger partial charge in [0.05, 0.1) is 7.11 Å². The molecule has 0 bridgehead atoms. The summed E-state index contributed by atoms with van der Waals surface area (Å²) in [6.45, 7) is 1.74. The largest absolute Gasteiger partial charge is 0.493 e. The molecule has 1 aromatic heterocycles. The van der Waals surface area contributed by atoms with Crippen molar-refractivity contribution in [1.82, 2.24) is 10.3 Å². The van der Waals surface area contributed by atoms with Gasteiger partial charge in [-0.25, -0.2) is 4.98 Å². The van der Waals surface area contributed by atoms with Crippen LogP contribution in [0.1, 0.15) is 6.42 Å². The van der Waals surface area contributed by atoms with E-state index in [4.69, 9.17) is 17.0 Å². The molecule has 0 unspecified atom stereocenters. The number of nitrogens with zero attached hydrogens (tertiary/aromatic N) is 2. The highest BCUT2D eigenvalue weighted by Crippen LogP contribution is 2.19. The molecule has 0 amide bonds. The Balaban J connectivity index is 1.71. The van der Waals surface area contributed by atoms with Crippen molar-refractivity contribution >= 4 is 28.8 Å². The Hall–Kier alpha value is -2.34. The van der Waals surface area contributed by atoms with Gasteiger partial charge in [0.1, 0.15) is 0 Å². The van der Waals surface area contributed by atoms with Gasteiger partial charge < -0.3 is 20.3 Å². The number of methoxy groups -OCH3 is 1. The lowest BCUT2D eigenvalue weighted by atomic mass is 10.3. The number of hydrogen-bond donors (Lipinski definition) is 2. The van der Waals surface area contributed by atoms with Gasteiger partial charge in [0, 0.05) is 32.0 Å². The van der Waals surface area contributed by atoms with Crippen molar-refractivity contribution in [2.75, 3.05) is 37.5 Å². The van der Waals surface area contributed by atoms with Gasteiger partial charge in [0.2, 0.25) is 0 Å². The lowest BCUT2D eigenvalue weighted by molar-refractivity contribution is 0.415. The average Bonchev–Trinajstić information content (AvgIpc) is 2.59. The van der Waals surface area contributed by atoms with Crippen LogP contribution in [0.4, 0.5) is 11.5 Å². The molecule has 0 saturated heterocycles. The Labute approximate surface area is 142 Å². The van der Waals surface area contributed by atoms with Crippen molar-refractivity contribution in [1.29, 1.82) is 0 Å². The molecule has 0 spiro atoms. The first-order valence-corrected chi connectivity index (χ1v) is 7.91. The van der Waals surface area contributed by atoms with Crippen LogP contribution in [0, 0.1) is 0 Å². The number of rotatable bonds is 7. The molecule has 6 heteroatoms. The molecular formula is C17H22N4OS. The number of nitrogens with one attached hydrogen (secondary N) is 2. The summed E-state index contributed by atoms with van der Waals surface area (Å²) in [6.07, 6.45) is 2.68. The van der Waals surface area contributed by atoms with Gasteiger partial charge >= 0.3 is 0 Å². The van der Waals surface area contributed by atoms with E-state index in [0.717, 1.165) is 19.5 Å². The minimum atomic E-state index is 0.546. The Bertz CT molecular complexity index is 621. The van der Waals surface area contributed by atoms with Gasteiger partial charge in [0.25, 0.3) is 0 Å². The Morgan fingerprint density at radius 2 is 2.00 bits per heavy atom. The number of pyridine rings is 1. The quantitative estimate of drug-likeness (QED) is 0.601. The monoisotopic (exact) mass is 330 g/mol. The molecule has 0 radical (unpaired) electrons. The highest BCUT2D eigenvalue weighted by atomic mass is 32.1. The summed E-state index contributed by atoms with van der Waals surface area (Å²) in [6, 6.07) is 14.0. The number of benzene rings is 1. The maximum atomic E-state index is 5.28. The highest BCUT2D eigenvalue weighted by Gasteiger charge is 2.05. The van der Waals surface area contributed by atoms with Gasteiger partial charge in [0.15, 0.2) is 16.7 Å². The minimum absolute atomic E-state index is 0.546. The smallest absolute Gasteiger partial charge is 0.174 e. The van der Waals surface area contributed by atoms with Crippen LogP contribution in [-0.4, -0.2) is 37.3 Å². The summed E-state index contributed by atoms with van der Waals surface area (Å²) in [4.78, 5) is 6.44. The SMILES string of the molecule is COc1cccnc1NC(=S)NCCCN(C)c1ccccc1. The highest BCUT2D eigenvalue weighted by molar-refractivity contribution is 7.80. The first-order valence-electron chi connectivity index (χ1n) is 7.50. The fourth-order valence-corrected chi connectivity index (χ4v) is 2.33. The van der Waals surface area contributed by atoms with Crippen LogP contribution in [0.25, 0.3) is 0 Å². The first kappa shape index (κ1) is 17.0. The van der Waals surface area contributed by atoms with Crippen molar-refractivity contribution in [2.45, 2.75) is 6.42 Å². The van der Waals surface area contributed by atoms with E-state index in [2.05, 4.69) is 39.7 Å². The van der Waals surface area contributed by atoms with Crippen LogP contribution in [-0.2, 0) is 0 Å². The minimum Gasteiger partial charge on any atom is -0.493 e. The fourth-order valence-electron chi connectivity index (χ4n) is 2.13. The van der Waals surface area contributed by atoms with Crippen molar-refractivity contribution in [3.63, 3.8) is 0 Å². The van der Waals surface area contributed by atoms with Crippen LogP contribution in [0.3, 0.4) is 0 Å². The lowest BCUT2D eigenvalue weighted by Gasteiger charge is -2.19. The number of hydrogen-bond acceptors (Lipinski definition) is 4. The maximum absolute atomic E-state index is 5.28. The fraction of sp³-hybridized carbons (Fsp3) is 0.294. The second kappa shape index (κ2) is 8.95. The van der Waals surface area contributed by atoms with E-state index in [0.29, 0.717) is 16.7 Å². The predicted molar refractivity (Wildman–Crippen MR) is 99.3 cm³/mol. The molecule has 2 N–H and O–H groups in total. The van der Waals surface area contributed by atoms with Gasteiger partial charge in [-0.05, 0) is 42.9 Å². The molecule has 2 rings (SSSR count). The first-order chi connectivity index (χ1) is 11.2. The molecule has 0 fully saturated rings. The second-order valence-electron chi connectivity index (χ2n) is 5.05. The van der Waals surface area contributed by atoms with Gasteiger partial charge in [-0.3, -0.25) is 0 Å². The summed E-state index contributed by atoms with van der Waals surface area (Å²) < 4.78 is 5.23. The number of ether oxygens (including phenoxy) is 1. The molecule has 2 aromatic rings. The molecule has 1 heterocycles. The van der Waals surface area contributed by atoms with E-state index < -0.39 is 0 Å². The third kappa shape index (κ3) is 5.41. The molecule has 0 aliphatic heterocycles. The lowest BCUT2D eigenvalue weighted by Crippen LogP contribution is -2.31. The molecule has 23 heavy (non-hydrogen) atoms.